The van der Waals surface area contributed by atoms with Gasteiger partial charge in [-0.25, -0.2) is 4.79 Å². The molecule has 4 atom stereocenters. The van der Waals surface area contributed by atoms with Gasteiger partial charge in [-0.2, -0.15) is 0 Å². The summed E-state index contributed by atoms with van der Waals surface area (Å²) in [5, 5.41) is 24.4. The largest absolute Gasteiger partial charge is 0.481 e. The number of hydrogen-bond acceptors (Lipinski definition) is 7. The van der Waals surface area contributed by atoms with Gasteiger partial charge in [0.1, 0.15) is 18.1 Å². The molecule has 0 aromatic carbocycles. The first kappa shape index (κ1) is 24.8. The zero-order chi connectivity index (χ0) is 22.0. The SMILES string of the molecule is CC(N)C(=O)NC(C)C(=O)NC(CCC(=O)O)C(=O)NC(CC(N)=O)C(=O)O. The molecule has 158 valence electrons. The molecular formula is C15H25N5O8. The summed E-state index contributed by atoms with van der Waals surface area (Å²) in [7, 11) is 0. The van der Waals surface area contributed by atoms with Crippen LogP contribution in [0, 0.1) is 0 Å². The molecule has 9 N–H and O–H groups in total. The quantitative estimate of drug-likeness (QED) is 0.172. The minimum absolute atomic E-state index is 0.357. The number of nitrogens with one attached hydrogen (secondary N) is 3. The monoisotopic (exact) mass is 403 g/mol. The predicted octanol–water partition coefficient (Wildman–Crippen LogP) is -3.37. The van der Waals surface area contributed by atoms with Crippen LogP contribution < -0.4 is 27.4 Å². The van der Waals surface area contributed by atoms with Crippen molar-refractivity contribution in [3.05, 3.63) is 0 Å². The van der Waals surface area contributed by atoms with Crippen molar-refractivity contribution in [3.8, 4) is 0 Å². The van der Waals surface area contributed by atoms with E-state index in [2.05, 4.69) is 10.6 Å². The number of carboxylic acid groups (broad SMARTS) is 2. The van der Waals surface area contributed by atoms with E-state index in [4.69, 9.17) is 21.7 Å². The molecule has 0 fully saturated rings. The lowest BCUT2D eigenvalue weighted by molar-refractivity contribution is -0.144. The number of rotatable bonds is 12. The molecule has 28 heavy (non-hydrogen) atoms. The highest BCUT2D eigenvalue weighted by atomic mass is 16.4. The molecular weight excluding hydrogens is 378 g/mol. The fraction of sp³-hybridized carbons (Fsp3) is 0.600. The van der Waals surface area contributed by atoms with Crippen LogP contribution in [-0.4, -0.2) is 69.9 Å². The molecule has 0 heterocycles. The van der Waals surface area contributed by atoms with Gasteiger partial charge in [0.15, 0.2) is 0 Å². The Balaban J connectivity index is 5.18. The van der Waals surface area contributed by atoms with Crippen molar-refractivity contribution in [2.24, 2.45) is 11.5 Å². The Hall–Kier alpha value is -3.22. The topological polar surface area (TPSA) is 231 Å². The summed E-state index contributed by atoms with van der Waals surface area (Å²) >= 11 is 0. The van der Waals surface area contributed by atoms with Crippen molar-refractivity contribution in [1.82, 2.24) is 16.0 Å². The number of carbonyl (C=O) groups excluding carboxylic acids is 4. The van der Waals surface area contributed by atoms with Crippen molar-refractivity contribution in [3.63, 3.8) is 0 Å². The van der Waals surface area contributed by atoms with E-state index in [1.54, 1.807) is 0 Å². The highest BCUT2D eigenvalue weighted by molar-refractivity contribution is 5.94. The van der Waals surface area contributed by atoms with E-state index in [0.29, 0.717) is 0 Å². The number of amides is 4. The molecule has 0 radical (unpaired) electrons. The van der Waals surface area contributed by atoms with Gasteiger partial charge in [0, 0.05) is 6.42 Å². The molecule has 0 rings (SSSR count). The third-order valence-electron chi connectivity index (χ3n) is 3.47. The Morgan fingerprint density at radius 1 is 0.857 bits per heavy atom. The first-order valence-corrected chi connectivity index (χ1v) is 8.24. The van der Waals surface area contributed by atoms with E-state index in [-0.39, 0.29) is 6.42 Å². The molecule has 0 saturated carbocycles. The number of hydrogen-bond donors (Lipinski definition) is 7. The Morgan fingerprint density at radius 3 is 1.82 bits per heavy atom. The van der Waals surface area contributed by atoms with Crippen LogP contribution in [0.15, 0.2) is 0 Å². The van der Waals surface area contributed by atoms with E-state index < -0.39 is 72.6 Å². The third-order valence-corrected chi connectivity index (χ3v) is 3.47. The van der Waals surface area contributed by atoms with Crippen LogP contribution >= 0.6 is 0 Å². The van der Waals surface area contributed by atoms with Crippen LogP contribution in [-0.2, 0) is 28.8 Å². The van der Waals surface area contributed by atoms with Crippen LogP contribution in [0.25, 0.3) is 0 Å². The lowest BCUT2D eigenvalue weighted by atomic mass is 10.1. The molecule has 0 spiro atoms. The molecule has 4 amide bonds. The lowest BCUT2D eigenvalue weighted by Crippen LogP contribution is -2.56. The molecule has 13 heteroatoms. The van der Waals surface area contributed by atoms with Crippen molar-refractivity contribution >= 4 is 35.6 Å². The number of nitrogens with two attached hydrogens (primary N) is 2. The first-order chi connectivity index (χ1) is 12.8. The van der Waals surface area contributed by atoms with Gasteiger partial charge < -0.3 is 37.6 Å². The second-order valence-electron chi connectivity index (χ2n) is 6.08. The summed E-state index contributed by atoms with van der Waals surface area (Å²) in [6.07, 6.45) is -1.56. The number of carbonyl (C=O) groups is 6. The van der Waals surface area contributed by atoms with Crippen molar-refractivity contribution in [2.45, 2.75) is 57.3 Å². The standard InChI is InChI=1S/C15H25N5O8/c1-6(16)12(24)18-7(2)13(25)19-8(3-4-11(22)23)14(26)20-9(15(27)28)5-10(17)21/h6-9H,3-5,16H2,1-2H3,(H2,17,21)(H,18,24)(H,19,25)(H,20,26)(H,22,23)(H,27,28). The van der Waals surface area contributed by atoms with E-state index in [9.17, 15) is 28.8 Å². The summed E-state index contributed by atoms with van der Waals surface area (Å²) in [5.74, 6) is -6.23. The summed E-state index contributed by atoms with van der Waals surface area (Å²) < 4.78 is 0. The zero-order valence-corrected chi connectivity index (χ0v) is 15.4. The number of primary amides is 1. The summed E-state index contributed by atoms with van der Waals surface area (Å²) in [5.41, 5.74) is 10.3. The lowest BCUT2D eigenvalue weighted by Gasteiger charge is -2.23. The van der Waals surface area contributed by atoms with Gasteiger partial charge in [-0.15, -0.1) is 0 Å². The maximum atomic E-state index is 12.3. The fourth-order valence-electron chi connectivity index (χ4n) is 1.92. The molecule has 4 unspecified atom stereocenters. The second-order valence-corrected chi connectivity index (χ2v) is 6.08. The maximum Gasteiger partial charge on any atom is 0.326 e. The summed E-state index contributed by atoms with van der Waals surface area (Å²) in [6, 6.07) is -5.05. The summed E-state index contributed by atoms with van der Waals surface area (Å²) in [4.78, 5) is 68.8. The van der Waals surface area contributed by atoms with Crippen molar-refractivity contribution < 1.29 is 39.0 Å². The van der Waals surface area contributed by atoms with E-state index in [1.807, 2.05) is 5.32 Å². The van der Waals surface area contributed by atoms with E-state index in [1.165, 1.54) is 13.8 Å². The van der Waals surface area contributed by atoms with Gasteiger partial charge in [0.25, 0.3) is 0 Å². The molecule has 13 nitrogen and oxygen atoms in total. The van der Waals surface area contributed by atoms with Crippen LogP contribution in [0.3, 0.4) is 0 Å². The molecule has 0 saturated heterocycles. The predicted molar refractivity (Wildman–Crippen MR) is 93.4 cm³/mol. The summed E-state index contributed by atoms with van der Waals surface area (Å²) in [6.45, 7) is 2.71. The van der Waals surface area contributed by atoms with Crippen LogP contribution in [0.1, 0.15) is 33.1 Å². The van der Waals surface area contributed by atoms with Gasteiger partial charge in [0.2, 0.25) is 23.6 Å². The zero-order valence-electron chi connectivity index (χ0n) is 15.4. The smallest absolute Gasteiger partial charge is 0.326 e. The van der Waals surface area contributed by atoms with Gasteiger partial charge in [0.05, 0.1) is 12.5 Å². The highest BCUT2D eigenvalue weighted by Crippen LogP contribution is 2.02. The van der Waals surface area contributed by atoms with Crippen LogP contribution in [0.5, 0.6) is 0 Å². The average Bonchev–Trinajstić information content (AvgIpc) is 2.56. The second kappa shape index (κ2) is 11.5. The van der Waals surface area contributed by atoms with E-state index in [0.717, 1.165) is 0 Å². The Kier molecular flexibility index (Phi) is 10.2. The Morgan fingerprint density at radius 2 is 1.39 bits per heavy atom. The molecule has 0 aliphatic heterocycles. The van der Waals surface area contributed by atoms with Gasteiger partial charge >= 0.3 is 11.9 Å². The number of aliphatic carboxylic acids is 2. The van der Waals surface area contributed by atoms with Crippen LogP contribution in [0.4, 0.5) is 0 Å². The Labute approximate surface area is 160 Å². The normalized spacial score (nSPS) is 14.7. The number of carboxylic acids is 2. The Bertz CT molecular complexity index is 636. The molecule has 0 aliphatic carbocycles. The average molecular weight is 403 g/mol. The van der Waals surface area contributed by atoms with Crippen molar-refractivity contribution in [1.29, 1.82) is 0 Å². The van der Waals surface area contributed by atoms with Crippen molar-refractivity contribution in [2.75, 3.05) is 0 Å². The van der Waals surface area contributed by atoms with Gasteiger partial charge in [-0.05, 0) is 20.3 Å². The van der Waals surface area contributed by atoms with Crippen LogP contribution in [0.2, 0.25) is 0 Å². The van der Waals surface area contributed by atoms with Gasteiger partial charge in [-0.3, -0.25) is 24.0 Å². The maximum absolute atomic E-state index is 12.3. The molecule has 0 aliphatic rings. The molecule has 0 aromatic rings. The fourth-order valence-corrected chi connectivity index (χ4v) is 1.92. The molecule has 0 aromatic heterocycles. The first-order valence-electron chi connectivity index (χ1n) is 8.24. The highest BCUT2D eigenvalue weighted by Gasteiger charge is 2.29. The van der Waals surface area contributed by atoms with E-state index >= 15 is 0 Å². The minimum Gasteiger partial charge on any atom is -0.481 e. The third kappa shape index (κ3) is 9.47. The molecule has 0 bridgehead atoms. The van der Waals surface area contributed by atoms with Gasteiger partial charge in [-0.1, -0.05) is 0 Å². The minimum atomic E-state index is -1.65.